The van der Waals surface area contributed by atoms with Crippen LogP contribution in [0.15, 0.2) is 66.2 Å². The van der Waals surface area contributed by atoms with Gasteiger partial charge in [-0.2, -0.15) is 0 Å². The SMILES string of the molecule is CCCOc1cccc([C@@H]2C(=C(O)c3ccc4c(c3)OCCO4)C(=O)C(=O)N2c2nc3ccc(Cl)cc3s2)c1. The first kappa shape index (κ1) is 25.2. The number of ketones is 1. The molecule has 1 atom stereocenters. The maximum atomic E-state index is 13.6. The number of thiazole rings is 1. The Balaban J connectivity index is 1.52. The molecule has 0 unspecified atom stereocenters. The highest BCUT2D eigenvalue weighted by Crippen LogP contribution is 2.45. The van der Waals surface area contributed by atoms with Crippen molar-refractivity contribution in [2.45, 2.75) is 19.4 Å². The molecule has 39 heavy (non-hydrogen) atoms. The zero-order chi connectivity index (χ0) is 27.1. The predicted molar refractivity (Wildman–Crippen MR) is 149 cm³/mol. The molecule has 1 saturated heterocycles. The molecule has 6 rings (SSSR count). The number of carbonyl (C=O) groups is 2. The summed E-state index contributed by atoms with van der Waals surface area (Å²) in [6.07, 6.45) is 0.821. The van der Waals surface area contributed by atoms with Crippen LogP contribution in [0.25, 0.3) is 16.0 Å². The molecule has 2 aliphatic rings. The van der Waals surface area contributed by atoms with E-state index < -0.39 is 17.7 Å². The van der Waals surface area contributed by atoms with E-state index >= 15 is 0 Å². The molecule has 198 valence electrons. The Morgan fingerprint density at radius 2 is 1.92 bits per heavy atom. The number of aromatic nitrogens is 1. The number of rotatable bonds is 6. The van der Waals surface area contributed by atoms with Crippen molar-refractivity contribution >= 4 is 55.7 Å². The van der Waals surface area contributed by atoms with Gasteiger partial charge in [0.2, 0.25) is 0 Å². The molecule has 0 spiro atoms. The van der Waals surface area contributed by atoms with E-state index in [1.807, 2.05) is 13.0 Å². The van der Waals surface area contributed by atoms with E-state index in [-0.39, 0.29) is 11.3 Å². The van der Waals surface area contributed by atoms with E-state index in [0.717, 1.165) is 11.1 Å². The van der Waals surface area contributed by atoms with Crippen molar-refractivity contribution in [3.8, 4) is 17.2 Å². The average molecular weight is 563 g/mol. The normalized spacial score (nSPS) is 18.1. The Morgan fingerprint density at radius 3 is 2.74 bits per heavy atom. The average Bonchev–Trinajstić information content (AvgIpc) is 3.48. The summed E-state index contributed by atoms with van der Waals surface area (Å²) in [5.41, 5.74) is 1.52. The number of halogens is 1. The van der Waals surface area contributed by atoms with Gasteiger partial charge in [0.15, 0.2) is 16.6 Å². The topological polar surface area (TPSA) is 98.2 Å². The Labute approximate surface area is 233 Å². The third kappa shape index (κ3) is 4.57. The second-order valence-corrected chi connectivity index (χ2v) is 10.5. The zero-order valence-electron chi connectivity index (χ0n) is 20.8. The molecule has 10 heteroatoms. The Hall–Kier alpha value is -4.08. The van der Waals surface area contributed by atoms with Gasteiger partial charge >= 0.3 is 5.91 Å². The minimum Gasteiger partial charge on any atom is -0.507 e. The highest BCUT2D eigenvalue weighted by atomic mass is 35.5. The fraction of sp³-hybridized carbons (Fsp3) is 0.207. The molecule has 1 fully saturated rings. The molecular formula is C29H23ClN2O6S. The van der Waals surface area contributed by atoms with E-state index in [0.29, 0.717) is 63.9 Å². The number of benzene rings is 3. The van der Waals surface area contributed by atoms with Crippen molar-refractivity contribution in [3.05, 3.63) is 82.4 Å². The summed E-state index contributed by atoms with van der Waals surface area (Å²) in [5.74, 6) is -0.330. The predicted octanol–water partition coefficient (Wildman–Crippen LogP) is 6.14. The summed E-state index contributed by atoms with van der Waals surface area (Å²) in [5, 5.41) is 12.4. The lowest BCUT2D eigenvalue weighted by molar-refractivity contribution is -0.132. The van der Waals surface area contributed by atoms with Crippen LogP contribution in [0.2, 0.25) is 5.02 Å². The largest absolute Gasteiger partial charge is 0.507 e. The fourth-order valence-electron chi connectivity index (χ4n) is 4.68. The first-order valence-electron chi connectivity index (χ1n) is 12.4. The number of Topliss-reactive ketones (excluding diaryl/α,β-unsaturated/α-hetero) is 1. The van der Waals surface area contributed by atoms with Crippen LogP contribution < -0.4 is 19.1 Å². The highest BCUT2D eigenvalue weighted by Gasteiger charge is 2.48. The van der Waals surface area contributed by atoms with Gasteiger partial charge in [-0.25, -0.2) is 4.98 Å². The molecule has 0 radical (unpaired) electrons. The number of aliphatic hydroxyl groups excluding tert-OH is 1. The van der Waals surface area contributed by atoms with Crippen molar-refractivity contribution in [1.82, 2.24) is 4.98 Å². The van der Waals surface area contributed by atoms with Crippen LogP contribution in [0.3, 0.4) is 0 Å². The summed E-state index contributed by atoms with van der Waals surface area (Å²) < 4.78 is 17.9. The molecule has 0 saturated carbocycles. The van der Waals surface area contributed by atoms with Gasteiger partial charge in [-0.1, -0.05) is 42.0 Å². The lowest BCUT2D eigenvalue weighted by atomic mass is 9.95. The number of nitrogens with zero attached hydrogens (tertiary/aromatic N) is 2. The molecule has 0 aliphatic carbocycles. The Kier molecular flexibility index (Phi) is 6.62. The Morgan fingerprint density at radius 1 is 1.10 bits per heavy atom. The summed E-state index contributed by atoms with van der Waals surface area (Å²) in [6.45, 7) is 3.31. The molecule has 8 nitrogen and oxygen atoms in total. The summed E-state index contributed by atoms with van der Waals surface area (Å²) >= 11 is 7.42. The van der Waals surface area contributed by atoms with Crippen molar-refractivity contribution in [1.29, 1.82) is 0 Å². The van der Waals surface area contributed by atoms with E-state index in [1.165, 1.54) is 16.2 Å². The van der Waals surface area contributed by atoms with Crippen LogP contribution >= 0.6 is 22.9 Å². The second kappa shape index (κ2) is 10.2. The number of hydrogen-bond acceptors (Lipinski definition) is 8. The third-order valence-electron chi connectivity index (χ3n) is 6.45. The summed E-state index contributed by atoms with van der Waals surface area (Å²) in [6, 6.07) is 16.4. The number of hydrogen-bond donors (Lipinski definition) is 1. The molecule has 3 heterocycles. The summed E-state index contributed by atoms with van der Waals surface area (Å²) in [7, 11) is 0. The fourth-order valence-corrected chi connectivity index (χ4v) is 5.94. The van der Waals surface area contributed by atoms with Crippen molar-refractivity contribution in [2.24, 2.45) is 0 Å². The molecule has 0 bridgehead atoms. The number of fused-ring (bicyclic) bond motifs is 2. The standard InChI is InChI=1S/C29H23ClN2O6S/c1-2-10-36-19-5-3-4-16(13-19)25-24(26(33)17-6-9-21-22(14-17)38-12-11-37-21)27(34)28(35)32(25)29-31-20-8-7-18(30)15-23(20)39-29/h3-9,13-15,25,33H,2,10-12H2,1H3/t25-/m1/s1. The van der Waals surface area contributed by atoms with Crippen LogP contribution in [0, 0.1) is 0 Å². The maximum Gasteiger partial charge on any atom is 0.301 e. The summed E-state index contributed by atoms with van der Waals surface area (Å²) in [4.78, 5) is 33.1. The van der Waals surface area contributed by atoms with Crippen molar-refractivity contribution in [2.75, 3.05) is 24.7 Å². The van der Waals surface area contributed by atoms with Crippen LogP contribution in [-0.2, 0) is 9.59 Å². The van der Waals surface area contributed by atoms with Gasteiger partial charge in [0.25, 0.3) is 5.78 Å². The van der Waals surface area contributed by atoms with Gasteiger partial charge in [-0.05, 0) is 60.5 Å². The van der Waals surface area contributed by atoms with Crippen LogP contribution in [-0.4, -0.2) is 41.6 Å². The number of amides is 1. The van der Waals surface area contributed by atoms with Crippen LogP contribution in [0.5, 0.6) is 17.2 Å². The van der Waals surface area contributed by atoms with Gasteiger partial charge in [0.1, 0.15) is 24.7 Å². The highest BCUT2D eigenvalue weighted by molar-refractivity contribution is 7.22. The zero-order valence-corrected chi connectivity index (χ0v) is 22.4. The minimum atomic E-state index is -0.945. The lowest BCUT2D eigenvalue weighted by Crippen LogP contribution is -2.29. The quantitative estimate of drug-likeness (QED) is 0.171. The van der Waals surface area contributed by atoms with Gasteiger partial charge in [-0.15, -0.1) is 0 Å². The molecule has 1 N–H and O–H groups in total. The number of carbonyl (C=O) groups excluding carboxylic acids is 2. The van der Waals surface area contributed by atoms with Gasteiger partial charge in [0, 0.05) is 10.6 Å². The number of aliphatic hydroxyl groups is 1. The lowest BCUT2D eigenvalue weighted by Gasteiger charge is -2.23. The molecule has 1 aromatic heterocycles. The molecule has 2 aliphatic heterocycles. The van der Waals surface area contributed by atoms with Gasteiger partial charge in [0.05, 0.1) is 28.4 Å². The van der Waals surface area contributed by atoms with E-state index in [2.05, 4.69) is 4.98 Å². The molecular weight excluding hydrogens is 540 g/mol. The molecule has 4 aromatic rings. The number of anilines is 1. The molecule has 1 amide bonds. The van der Waals surface area contributed by atoms with Crippen LogP contribution in [0.4, 0.5) is 5.13 Å². The smallest absolute Gasteiger partial charge is 0.301 e. The van der Waals surface area contributed by atoms with E-state index in [1.54, 1.807) is 54.6 Å². The third-order valence-corrected chi connectivity index (χ3v) is 7.70. The first-order valence-corrected chi connectivity index (χ1v) is 13.6. The van der Waals surface area contributed by atoms with E-state index in [4.69, 9.17) is 25.8 Å². The van der Waals surface area contributed by atoms with E-state index in [9.17, 15) is 14.7 Å². The van der Waals surface area contributed by atoms with Crippen molar-refractivity contribution in [3.63, 3.8) is 0 Å². The van der Waals surface area contributed by atoms with Gasteiger partial charge in [-0.3, -0.25) is 14.5 Å². The molecule has 3 aromatic carbocycles. The monoisotopic (exact) mass is 562 g/mol. The second-order valence-electron chi connectivity index (χ2n) is 9.06. The number of ether oxygens (including phenoxy) is 3. The van der Waals surface area contributed by atoms with Gasteiger partial charge < -0.3 is 19.3 Å². The maximum absolute atomic E-state index is 13.6. The minimum absolute atomic E-state index is 0.0541. The first-order chi connectivity index (χ1) is 18.9. The van der Waals surface area contributed by atoms with Crippen molar-refractivity contribution < 1.29 is 28.9 Å². The Bertz CT molecular complexity index is 1650. The van der Waals surface area contributed by atoms with Crippen LogP contribution in [0.1, 0.15) is 30.5 Å².